The fourth-order valence-electron chi connectivity index (χ4n) is 1.98. The minimum absolute atomic E-state index is 0.134. The Labute approximate surface area is 113 Å². The van der Waals surface area contributed by atoms with Crippen molar-refractivity contribution in [2.45, 2.75) is 39.4 Å². The summed E-state index contributed by atoms with van der Waals surface area (Å²) in [6.07, 6.45) is 0.779. The van der Waals surface area contributed by atoms with Crippen LogP contribution in [-0.2, 0) is 9.53 Å². The summed E-state index contributed by atoms with van der Waals surface area (Å²) in [6, 6.07) is 5.54. The van der Waals surface area contributed by atoms with Gasteiger partial charge < -0.3 is 14.2 Å². The number of methoxy groups -OCH3 is 1. The third-order valence-corrected chi connectivity index (χ3v) is 3.03. The van der Waals surface area contributed by atoms with Crippen molar-refractivity contribution >= 4 is 5.97 Å². The van der Waals surface area contributed by atoms with Crippen molar-refractivity contribution < 1.29 is 19.0 Å². The average molecular weight is 264 g/mol. The molecule has 0 aromatic heterocycles. The maximum Gasteiger partial charge on any atom is 0.311 e. The van der Waals surface area contributed by atoms with E-state index in [0.29, 0.717) is 17.9 Å². The van der Waals surface area contributed by atoms with Crippen molar-refractivity contribution in [2.75, 3.05) is 7.11 Å². The molecule has 1 heterocycles. The number of esters is 1. The summed E-state index contributed by atoms with van der Waals surface area (Å²) in [7, 11) is 1.57. The summed E-state index contributed by atoms with van der Waals surface area (Å²) in [5.74, 6) is 1.07. The molecule has 0 saturated carbocycles. The highest BCUT2D eigenvalue weighted by Crippen LogP contribution is 2.41. The van der Waals surface area contributed by atoms with Gasteiger partial charge in [-0.05, 0) is 30.5 Å². The molecule has 0 bridgehead atoms. The van der Waals surface area contributed by atoms with Gasteiger partial charge in [0.2, 0.25) is 0 Å². The molecule has 1 saturated heterocycles. The second-order valence-electron chi connectivity index (χ2n) is 5.24. The molecule has 2 atom stereocenters. The van der Waals surface area contributed by atoms with Crippen LogP contribution in [0.4, 0.5) is 0 Å². The Kier molecular flexibility index (Phi) is 4.10. The lowest BCUT2D eigenvalue weighted by atomic mass is 10.1. The largest absolute Gasteiger partial charge is 0.493 e. The van der Waals surface area contributed by atoms with Gasteiger partial charge in [0, 0.05) is 6.42 Å². The number of rotatable bonds is 5. The minimum Gasteiger partial charge on any atom is -0.493 e. The zero-order chi connectivity index (χ0) is 14.0. The lowest BCUT2D eigenvalue weighted by Gasteiger charge is -2.11. The van der Waals surface area contributed by atoms with E-state index in [1.807, 2.05) is 32.9 Å². The number of benzene rings is 1. The number of epoxide rings is 1. The zero-order valence-electron chi connectivity index (χ0n) is 11.8. The molecule has 19 heavy (non-hydrogen) atoms. The molecule has 0 N–H and O–H groups in total. The Balaban J connectivity index is 2.10. The highest BCUT2D eigenvalue weighted by atomic mass is 16.6. The highest BCUT2D eigenvalue weighted by molar-refractivity contribution is 5.73. The molecule has 0 aliphatic carbocycles. The van der Waals surface area contributed by atoms with E-state index in [4.69, 9.17) is 14.2 Å². The van der Waals surface area contributed by atoms with Crippen LogP contribution in [0.1, 0.15) is 38.9 Å². The van der Waals surface area contributed by atoms with E-state index < -0.39 is 0 Å². The van der Waals surface area contributed by atoms with E-state index in [1.165, 1.54) is 0 Å². The van der Waals surface area contributed by atoms with Crippen molar-refractivity contribution in [3.63, 3.8) is 0 Å². The van der Waals surface area contributed by atoms with Crippen molar-refractivity contribution in [3.8, 4) is 11.5 Å². The number of hydrogen-bond donors (Lipinski definition) is 0. The molecular weight excluding hydrogens is 244 g/mol. The molecule has 1 aromatic rings. The molecule has 1 fully saturated rings. The van der Waals surface area contributed by atoms with Gasteiger partial charge in [0.25, 0.3) is 0 Å². The summed E-state index contributed by atoms with van der Waals surface area (Å²) >= 11 is 0. The average Bonchev–Trinajstić information content (AvgIpc) is 3.05. The van der Waals surface area contributed by atoms with Crippen LogP contribution in [-0.4, -0.2) is 19.2 Å². The predicted molar refractivity (Wildman–Crippen MR) is 71.4 cm³/mol. The number of hydrogen-bond acceptors (Lipinski definition) is 4. The monoisotopic (exact) mass is 264 g/mol. The SMILES string of the molecule is COc1cc([C@H]2O[C@@H]2C)ccc1OC(=O)CC(C)C. The second-order valence-corrected chi connectivity index (χ2v) is 5.24. The third-order valence-electron chi connectivity index (χ3n) is 3.03. The summed E-state index contributed by atoms with van der Waals surface area (Å²) < 4.78 is 16.0. The molecular formula is C15H20O4. The van der Waals surface area contributed by atoms with Crippen molar-refractivity contribution in [1.29, 1.82) is 0 Å². The van der Waals surface area contributed by atoms with Crippen molar-refractivity contribution in [2.24, 2.45) is 5.92 Å². The van der Waals surface area contributed by atoms with Gasteiger partial charge >= 0.3 is 5.97 Å². The summed E-state index contributed by atoms with van der Waals surface area (Å²) in [5, 5.41) is 0. The first-order chi connectivity index (χ1) is 9.01. The Bertz CT molecular complexity index is 467. The second kappa shape index (κ2) is 5.61. The molecule has 4 nitrogen and oxygen atoms in total. The molecule has 0 unspecified atom stereocenters. The predicted octanol–water partition coefficient (Wildman–Crippen LogP) is 3.11. The van der Waals surface area contributed by atoms with Crippen LogP contribution in [0.2, 0.25) is 0 Å². The van der Waals surface area contributed by atoms with E-state index in [1.54, 1.807) is 13.2 Å². The molecule has 2 rings (SSSR count). The minimum atomic E-state index is -0.239. The quantitative estimate of drug-likeness (QED) is 0.466. The summed E-state index contributed by atoms with van der Waals surface area (Å²) in [4.78, 5) is 11.7. The molecule has 0 radical (unpaired) electrons. The molecule has 1 aliphatic rings. The Morgan fingerprint density at radius 3 is 2.58 bits per heavy atom. The van der Waals surface area contributed by atoms with Crippen LogP contribution in [0.3, 0.4) is 0 Å². The van der Waals surface area contributed by atoms with E-state index in [-0.39, 0.29) is 24.1 Å². The van der Waals surface area contributed by atoms with Gasteiger partial charge in [0.15, 0.2) is 11.5 Å². The lowest BCUT2D eigenvalue weighted by Crippen LogP contribution is -2.11. The molecule has 1 aromatic carbocycles. The van der Waals surface area contributed by atoms with Crippen LogP contribution in [0.15, 0.2) is 18.2 Å². The standard InChI is InChI=1S/C15H20O4/c1-9(2)7-14(16)19-12-6-5-11(8-13(12)17-4)15-10(3)18-15/h5-6,8-10,15H,7H2,1-4H3/t10-,15+/m1/s1. The summed E-state index contributed by atoms with van der Waals surface area (Å²) in [6.45, 7) is 5.98. The Morgan fingerprint density at radius 2 is 2.05 bits per heavy atom. The smallest absolute Gasteiger partial charge is 0.311 e. The first kappa shape index (κ1) is 13.9. The highest BCUT2D eigenvalue weighted by Gasteiger charge is 2.36. The van der Waals surface area contributed by atoms with Crippen LogP contribution in [0.5, 0.6) is 11.5 Å². The molecule has 0 spiro atoms. The normalized spacial score (nSPS) is 21.3. The maximum absolute atomic E-state index is 11.7. The van der Waals surface area contributed by atoms with Crippen LogP contribution >= 0.6 is 0 Å². The third kappa shape index (κ3) is 3.47. The number of carbonyl (C=O) groups excluding carboxylic acids is 1. The number of carbonyl (C=O) groups is 1. The molecule has 1 aliphatic heterocycles. The van der Waals surface area contributed by atoms with Gasteiger partial charge in [-0.25, -0.2) is 0 Å². The lowest BCUT2D eigenvalue weighted by molar-refractivity contribution is -0.135. The van der Waals surface area contributed by atoms with Crippen LogP contribution < -0.4 is 9.47 Å². The van der Waals surface area contributed by atoms with Crippen LogP contribution in [0.25, 0.3) is 0 Å². The van der Waals surface area contributed by atoms with Gasteiger partial charge in [-0.15, -0.1) is 0 Å². The van der Waals surface area contributed by atoms with Gasteiger partial charge in [0.05, 0.1) is 13.2 Å². The Morgan fingerprint density at radius 1 is 1.37 bits per heavy atom. The molecule has 4 heteroatoms. The summed E-state index contributed by atoms with van der Waals surface area (Å²) in [5.41, 5.74) is 1.05. The molecule has 104 valence electrons. The van der Waals surface area contributed by atoms with Gasteiger partial charge in [-0.2, -0.15) is 0 Å². The van der Waals surface area contributed by atoms with E-state index in [0.717, 1.165) is 5.56 Å². The van der Waals surface area contributed by atoms with E-state index in [2.05, 4.69) is 0 Å². The fraction of sp³-hybridized carbons (Fsp3) is 0.533. The van der Waals surface area contributed by atoms with Crippen molar-refractivity contribution in [1.82, 2.24) is 0 Å². The van der Waals surface area contributed by atoms with Crippen LogP contribution in [0, 0.1) is 5.92 Å². The van der Waals surface area contributed by atoms with Gasteiger partial charge in [-0.1, -0.05) is 19.9 Å². The van der Waals surface area contributed by atoms with E-state index >= 15 is 0 Å². The van der Waals surface area contributed by atoms with Crippen molar-refractivity contribution in [3.05, 3.63) is 23.8 Å². The first-order valence-electron chi connectivity index (χ1n) is 6.55. The van der Waals surface area contributed by atoms with Gasteiger partial charge in [0.1, 0.15) is 6.10 Å². The Hall–Kier alpha value is -1.55. The number of ether oxygens (including phenoxy) is 3. The maximum atomic E-state index is 11.7. The zero-order valence-corrected chi connectivity index (χ0v) is 11.8. The first-order valence-corrected chi connectivity index (χ1v) is 6.55. The van der Waals surface area contributed by atoms with E-state index in [9.17, 15) is 4.79 Å². The topological polar surface area (TPSA) is 48.1 Å². The van der Waals surface area contributed by atoms with Gasteiger partial charge in [-0.3, -0.25) is 4.79 Å². The fourth-order valence-corrected chi connectivity index (χ4v) is 1.98. The molecule has 0 amide bonds.